The molecule has 0 radical (unpaired) electrons. The van der Waals surface area contributed by atoms with Gasteiger partial charge in [-0.1, -0.05) is 54.4 Å². The maximum atomic E-state index is 13.9. The van der Waals surface area contributed by atoms with Crippen LogP contribution in [-0.4, -0.2) is 43.8 Å². The van der Waals surface area contributed by atoms with E-state index in [1.165, 1.54) is 4.90 Å². The van der Waals surface area contributed by atoms with Crippen molar-refractivity contribution >= 4 is 39.1 Å². The maximum Gasteiger partial charge on any atom is 0.264 e. The number of nitrogens with zero attached hydrogens (tertiary/aromatic N) is 2. The first-order valence-corrected chi connectivity index (χ1v) is 14.4. The molecule has 0 aliphatic carbocycles. The molecule has 2 atom stereocenters. The molecule has 0 bridgehead atoms. The highest BCUT2D eigenvalue weighted by molar-refractivity contribution is 7.92. The largest absolute Gasteiger partial charge is 0.352 e. The van der Waals surface area contributed by atoms with E-state index in [4.69, 9.17) is 11.6 Å². The summed E-state index contributed by atoms with van der Waals surface area (Å²) in [6.45, 7) is 6.65. The predicted molar refractivity (Wildman–Crippen MR) is 151 cm³/mol. The van der Waals surface area contributed by atoms with Crippen molar-refractivity contribution in [2.24, 2.45) is 0 Å². The van der Waals surface area contributed by atoms with Gasteiger partial charge in [0.1, 0.15) is 18.4 Å². The van der Waals surface area contributed by atoms with E-state index in [0.717, 1.165) is 34.1 Å². The summed E-state index contributed by atoms with van der Waals surface area (Å²) in [6.07, 6.45) is 0.702. The monoisotopic (exact) mass is 573 g/mol. The fraction of sp³-hybridized carbons (Fsp3) is 0.310. The number of halogens is 2. The Morgan fingerprint density at radius 3 is 2.18 bits per heavy atom. The lowest BCUT2D eigenvalue weighted by molar-refractivity contribution is -0.139. The van der Waals surface area contributed by atoms with E-state index in [1.807, 2.05) is 20.8 Å². The third-order valence-electron chi connectivity index (χ3n) is 6.47. The molecule has 0 saturated heterocycles. The van der Waals surface area contributed by atoms with Crippen LogP contribution in [0.1, 0.15) is 38.3 Å². The molecule has 10 heteroatoms. The standard InChI is InChI=1S/C29H33ClFN3O4S/c1-5-21(3)32-29(36)22(4)33(18-23-8-6-7-9-27(23)30)28(35)19-34(25-14-10-20(2)11-15-25)39(37,38)26-16-12-24(31)13-17-26/h6-17,21-22H,5,18-19H2,1-4H3,(H,32,36)/t21-,22+/m0/s1. The Bertz CT molecular complexity index is 1400. The molecule has 0 saturated carbocycles. The van der Waals surface area contributed by atoms with Crippen molar-refractivity contribution in [1.29, 1.82) is 0 Å². The summed E-state index contributed by atoms with van der Waals surface area (Å²) in [7, 11) is -4.27. The topological polar surface area (TPSA) is 86.8 Å². The Morgan fingerprint density at radius 2 is 1.59 bits per heavy atom. The molecule has 7 nitrogen and oxygen atoms in total. The van der Waals surface area contributed by atoms with Gasteiger partial charge in [-0.05, 0) is 75.2 Å². The summed E-state index contributed by atoms with van der Waals surface area (Å²) in [6, 6.07) is 17.0. The van der Waals surface area contributed by atoms with Crippen LogP contribution in [0.25, 0.3) is 0 Å². The number of anilines is 1. The summed E-state index contributed by atoms with van der Waals surface area (Å²) in [5.74, 6) is -1.56. The van der Waals surface area contributed by atoms with Gasteiger partial charge < -0.3 is 10.2 Å². The van der Waals surface area contributed by atoms with Crippen molar-refractivity contribution in [2.45, 2.75) is 57.6 Å². The number of nitrogens with one attached hydrogen (secondary N) is 1. The zero-order valence-corrected chi connectivity index (χ0v) is 24.0. The van der Waals surface area contributed by atoms with E-state index < -0.39 is 34.3 Å². The van der Waals surface area contributed by atoms with Crippen molar-refractivity contribution in [3.05, 3.63) is 94.8 Å². The second kappa shape index (κ2) is 13.1. The first-order chi connectivity index (χ1) is 18.4. The number of amides is 2. The average molecular weight is 574 g/mol. The van der Waals surface area contributed by atoms with Crippen LogP contribution in [0.2, 0.25) is 5.02 Å². The van der Waals surface area contributed by atoms with E-state index >= 15 is 0 Å². The van der Waals surface area contributed by atoms with Crippen molar-refractivity contribution < 1.29 is 22.4 Å². The van der Waals surface area contributed by atoms with Gasteiger partial charge in [-0.2, -0.15) is 0 Å². The Kier molecular flexibility index (Phi) is 10.1. The minimum absolute atomic E-state index is 0.00800. The normalized spacial score (nSPS) is 12.9. The smallest absolute Gasteiger partial charge is 0.264 e. The van der Waals surface area contributed by atoms with Gasteiger partial charge in [-0.15, -0.1) is 0 Å². The van der Waals surface area contributed by atoms with Crippen LogP contribution in [0.4, 0.5) is 10.1 Å². The number of hydrogen-bond acceptors (Lipinski definition) is 4. The summed E-state index contributed by atoms with van der Waals surface area (Å²) in [4.78, 5) is 28.1. The summed E-state index contributed by atoms with van der Waals surface area (Å²) >= 11 is 6.37. The Balaban J connectivity index is 2.03. The van der Waals surface area contributed by atoms with Crippen molar-refractivity contribution in [3.63, 3.8) is 0 Å². The molecule has 0 aliphatic heterocycles. The molecule has 1 N–H and O–H groups in total. The number of carbonyl (C=O) groups is 2. The quantitative estimate of drug-likeness (QED) is 0.337. The van der Waals surface area contributed by atoms with Gasteiger partial charge in [0, 0.05) is 17.6 Å². The molecular formula is C29H33ClFN3O4S. The molecule has 0 unspecified atom stereocenters. The molecule has 3 rings (SSSR count). The first-order valence-electron chi connectivity index (χ1n) is 12.6. The van der Waals surface area contributed by atoms with Crippen molar-refractivity contribution in [2.75, 3.05) is 10.8 Å². The predicted octanol–water partition coefficient (Wildman–Crippen LogP) is 5.31. The van der Waals surface area contributed by atoms with Gasteiger partial charge in [0.05, 0.1) is 10.6 Å². The summed E-state index contributed by atoms with van der Waals surface area (Å²) in [5.41, 5.74) is 1.77. The molecule has 208 valence electrons. The van der Waals surface area contributed by atoms with E-state index in [9.17, 15) is 22.4 Å². The molecule has 0 aliphatic rings. The molecule has 0 aromatic heterocycles. The molecule has 0 fully saturated rings. The second-order valence-corrected chi connectivity index (χ2v) is 11.7. The molecule has 0 spiro atoms. The Morgan fingerprint density at radius 1 is 0.974 bits per heavy atom. The van der Waals surface area contributed by atoms with E-state index in [-0.39, 0.29) is 29.1 Å². The van der Waals surface area contributed by atoms with E-state index in [2.05, 4.69) is 5.32 Å². The fourth-order valence-electron chi connectivity index (χ4n) is 3.83. The molecule has 0 heterocycles. The number of aryl methyl sites for hydroxylation is 1. The van der Waals surface area contributed by atoms with E-state index in [1.54, 1.807) is 55.5 Å². The molecule has 3 aromatic carbocycles. The highest BCUT2D eigenvalue weighted by Crippen LogP contribution is 2.26. The van der Waals surface area contributed by atoms with Gasteiger partial charge in [-0.25, -0.2) is 12.8 Å². The van der Waals surface area contributed by atoms with Gasteiger partial charge in [0.2, 0.25) is 11.8 Å². The Labute approximate surface area is 234 Å². The number of benzene rings is 3. The van der Waals surface area contributed by atoms with Gasteiger partial charge >= 0.3 is 0 Å². The summed E-state index contributed by atoms with van der Waals surface area (Å²) in [5, 5.41) is 3.30. The van der Waals surface area contributed by atoms with Gasteiger partial charge in [-0.3, -0.25) is 13.9 Å². The zero-order valence-electron chi connectivity index (χ0n) is 22.4. The maximum absolute atomic E-state index is 13.9. The SMILES string of the molecule is CC[C@H](C)NC(=O)[C@@H](C)N(Cc1ccccc1Cl)C(=O)CN(c1ccc(C)cc1)S(=O)(=O)c1ccc(F)cc1. The molecular weight excluding hydrogens is 541 g/mol. The van der Waals surface area contributed by atoms with Crippen LogP contribution < -0.4 is 9.62 Å². The number of carbonyl (C=O) groups excluding carboxylic acids is 2. The van der Waals surface area contributed by atoms with Crippen LogP contribution in [-0.2, 0) is 26.2 Å². The first kappa shape index (κ1) is 30.1. The van der Waals surface area contributed by atoms with Crippen LogP contribution in [0, 0.1) is 12.7 Å². The Hall–Kier alpha value is -3.43. The molecule has 3 aromatic rings. The van der Waals surface area contributed by atoms with E-state index in [0.29, 0.717) is 17.0 Å². The number of sulfonamides is 1. The lowest BCUT2D eigenvalue weighted by Gasteiger charge is -2.32. The third kappa shape index (κ3) is 7.58. The highest BCUT2D eigenvalue weighted by atomic mass is 35.5. The van der Waals surface area contributed by atoms with Gasteiger partial charge in [0.25, 0.3) is 10.0 Å². The van der Waals surface area contributed by atoms with Crippen molar-refractivity contribution in [3.8, 4) is 0 Å². The highest BCUT2D eigenvalue weighted by Gasteiger charge is 2.33. The molecule has 39 heavy (non-hydrogen) atoms. The molecule has 2 amide bonds. The average Bonchev–Trinajstić information content (AvgIpc) is 2.91. The second-order valence-electron chi connectivity index (χ2n) is 9.41. The van der Waals surface area contributed by atoms with Crippen LogP contribution in [0.15, 0.2) is 77.7 Å². The van der Waals surface area contributed by atoms with Gasteiger partial charge in [0.15, 0.2) is 0 Å². The third-order valence-corrected chi connectivity index (χ3v) is 8.63. The van der Waals surface area contributed by atoms with Crippen molar-refractivity contribution in [1.82, 2.24) is 10.2 Å². The minimum Gasteiger partial charge on any atom is -0.352 e. The summed E-state index contributed by atoms with van der Waals surface area (Å²) < 4.78 is 42.0. The lowest BCUT2D eigenvalue weighted by Crippen LogP contribution is -2.52. The van der Waals surface area contributed by atoms with Crippen LogP contribution in [0.5, 0.6) is 0 Å². The van der Waals surface area contributed by atoms with Crippen LogP contribution in [0.3, 0.4) is 0 Å². The number of rotatable bonds is 11. The minimum atomic E-state index is -4.27. The zero-order chi connectivity index (χ0) is 28.7. The number of hydrogen-bond donors (Lipinski definition) is 1. The lowest BCUT2D eigenvalue weighted by atomic mass is 10.1. The fourth-order valence-corrected chi connectivity index (χ4v) is 5.44. The van der Waals surface area contributed by atoms with Crippen LogP contribution >= 0.6 is 11.6 Å².